The van der Waals surface area contributed by atoms with Crippen LogP contribution in [-0.2, 0) is 5.88 Å². The van der Waals surface area contributed by atoms with Crippen molar-refractivity contribution < 1.29 is 4.52 Å². The fraction of sp³-hybridized carbons (Fsp3) is 0.333. The second-order valence-corrected chi connectivity index (χ2v) is 4.85. The molecule has 0 aliphatic heterocycles. The van der Waals surface area contributed by atoms with E-state index in [1.165, 1.54) is 0 Å². The lowest BCUT2D eigenvalue weighted by molar-refractivity contribution is 0.385. The van der Waals surface area contributed by atoms with Crippen molar-refractivity contribution in [2.24, 2.45) is 0 Å². The Hall–Kier alpha value is -1.06. The van der Waals surface area contributed by atoms with Gasteiger partial charge in [-0.05, 0) is 25.0 Å². The molecule has 0 aromatic carbocycles. The summed E-state index contributed by atoms with van der Waals surface area (Å²) < 4.78 is 5.39. The van der Waals surface area contributed by atoms with Gasteiger partial charge in [0, 0.05) is 17.7 Å². The van der Waals surface area contributed by atoms with Crippen molar-refractivity contribution in [1.82, 2.24) is 10.1 Å². The molecule has 1 aliphatic carbocycles. The van der Waals surface area contributed by atoms with Gasteiger partial charge in [0.25, 0.3) is 0 Å². The van der Waals surface area contributed by atoms with Crippen LogP contribution in [0.4, 0.5) is 0 Å². The maximum absolute atomic E-state index is 5.98. The summed E-state index contributed by atoms with van der Waals surface area (Å²) in [6, 6.07) is 3.61. The first-order chi connectivity index (χ1) is 8.29. The van der Waals surface area contributed by atoms with Crippen LogP contribution in [0, 0.1) is 0 Å². The predicted octanol–water partition coefficient (Wildman–Crippen LogP) is 4.01. The third kappa shape index (κ3) is 2.05. The normalized spacial score (nSPS) is 15.2. The highest BCUT2D eigenvalue weighted by Gasteiger charge is 2.32. The lowest BCUT2D eigenvalue weighted by Crippen LogP contribution is -1.89. The first kappa shape index (κ1) is 11.1. The third-order valence-electron chi connectivity index (χ3n) is 2.87. The summed E-state index contributed by atoms with van der Waals surface area (Å²) in [4.78, 5) is 4.24. The Morgan fingerprint density at radius 3 is 2.76 bits per heavy atom. The van der Waals surface area contributed by atoms with Crippen LogP contribution in [0.1, 0.15) is 30.1 Å². The molecule has 0 amide bonds. The van der Waals surface area contributed by atoms with Gasteiger partial charge in [-0.15, -0.1) is 11.6 Å². The zero-order chi connectivity index (χ0) is 11.8. The Balaban J connectivity index is 2.04. The van der Waals surface area contributed by atoms with Gasteiger partial charge in [0.2, 0.25) is 0 Å². The van der Waals surface area contributed by atoms with Crippen LogP contribution in [0.15, 0.2) is 22.9 Å². The zero-order valence-electron chi connectivity index (χ0n) is 8.99. The molecule has 0 atom stereocenters. The van der Waals surface area contributed by atoms with E-state index in [1.54, 1.807) is 12.3 Å². The SMILES string of the molecule is ClCc1c(-c2ccc(Cl)cn2)noc1C1CC1. The molecule has 3 nitrogen and oxygen atoms in total. The maximum atomic E-state index is 5.98. The number of nitrogens with zero attached hydrogens (tertiary/aromatic N) is 2. The number of hydrogen-bond donors (Lipinski definition) is 0. The second kappa shape index (κ2) is 4.31. The van der Waals surface area contributed by atoms with E-state index >= 15 is 0 Å². The van der Waals surface area contributed by atoms with E-state index in [2.05, 4.69) is 10.1 Å². The van der Waals surface area contributed by atoms with Gasteiger partial charge in [-0.1, -0.05) is 16.8 Å². The average molecular weight is 269 g/mol. The van der Waals surface area contributed by atoms with Crippen LogP contribution in [0.2, 0.25) is 5.02 Å². The molecule has 17 heavy (non-hydrogen) atoms. The Kier molecular flexibility index (Phi) is 2.81. The Morgan fingerprint density at radius 2 is 2.18 bits per heavy atom. The zero-order valence-corrected chi connectivity index (χ0v) is 10.5. The van der Waals surface area contributed by atoms with Crippen molar-refractivity contribution in [3.63, 3.8) is 0 Å². The second-order valence-electron chi connectivity index (χ2n) is 4.14. The van der Waals surface area contributed by atoms with Gasteiger partial charge in [-0.2, -0.15) is 0 Å². The van der Waals surface area contributed by atoms with Gasteiger partial charge < -0.3 is 4.52 Å². The highest BCUT2D eigenvalue weighted by atomic mass is 35.5. The number of pyridine rings is 1. The third-order valence-corrected chi connectivity index (χ3v) is 3.36. The van der Waals surface area contributed by atoms with Crippen molar-refractivity contribution in [2.75, 3.05) is 0 Å². The first-order valence-electron chi connectivity index (χ1n) is 5.46. The van der Waals surface area contributed by atoms with Gasteiger partial charge in [-0.25, -0.2) is 0 Å². The molecule has 1 aliphatic rings. The van der Waals surface area contributed by atoms with Gasteiger partial charge in [0.05, 0.1) is 16.6 Å². The largest absolute Gasteiger partial charge is 0.360 e. The summed E-state index contributed by atoms with van der Waals surface area (Å²) in [7, 11) is 0. The molecule has 3 rings (SSSR count). The number of hydrogen-bond acceptors (Lipinski definition) is 3. The monoisotopic (exact) mass is 268 g/mol. The van der Waals surface area contributed by atoms with E-state index in [0.29, 0.717) is 16.8 Å². The van der Waals surface area contributed by atoms with E-state index in [9.17, 15) is 0 Å². The minimum absolute atomic E-state index is 0.398. The molecule has 2 heterocycles. The van der Waals surface area contributed by atoms with Crippen LogP contribution >= 0.6 is 23.2 Å². The Morgan fingerprint density at radius 1 is 1.35 bits per heavy atom. The molecule has 5 heteroatoms. The van der Waals surface area contributed by atoms with Crippen LogP contribution in [0.25, 0.3) is 11.4 Å². The van der Waals surface area contributed by atoms with Crippen molar-refractivity contribution in [3.8, 4) is 11.4 Å². The molecule has 88 valence electrons. The van der Waals surface area contributed by atoms with E-state index in [1.807, 2.05) is 6.07 Å². The number of aromatic nitrogens is 2. The highest BCUT2D eigenvalue weighted by Crippen LogP contribution is 2.44. The standard InChI is InChI=1S/C12H10Cl2N2O/c13-5-9-11(10-4-3-8(14)6-15-10)16-17-12(9)7-1-2-7/h3-4,6-7H,1-2,5H2. The molecule has 2 aromatic heterocycles. The van der Waals surface area contributed by atoms with Crippen molar-refractivity contribution >= 4 is 23.2 Å². The van der Waals surface area contributed by atoms with Crippen LogP contribution in [-0.4, -0.2) is 10.1 Å². The van der Waals surface area contributed by atoms with Gasteiger partial charge >= 0.3 is 0 Å². The highest BCUT2D eigenvalue weighted by molar-refractivity contribution is 6.30. The lowest BCUT2D eigenvalue weighted by atomic mass is 10.1. The Bertz CT molecular complexity index is 532. The first-order valence-corrected chi connectivity index (χ1v) is 6.37. The molecule has 2 aromatic rings. The summed E-state index contributed by atoms with van der Waals surface area (Å²) in [5, 5.41) is 4.69. The number of rotatable bonds is 3. The molecule has 0 N–H and O–H groups in total. The number of alkyl halides is 1. The molecule has 0 spiro atoms. The van der Waals surface area contributed by atoms with E-state index < -0.39 is 0 Å². The average Bonchev–Trinajstić information content (AvgIpc) is 3.10. The summed E-state index contributed by atoms with van der Waals surface area (Å²) in [5.41, 5.74) is 2.45. The van der Waals surface area contributed by atoms with Gasteiger partial charge in [-0.3, -0.25) is 4.98 Å². The number of halogens is 2. The lowest BCUT2D eigenvalue weighted by Gasteiger charge is -1.99. The van der Waals surface area contributed by atoms with Gasteiger partial charge in [0.15, 0.2) is 0 Å². The van der Waals surface area contributed by atoms with Crippen molar-refractivity contribution in [2.45, 2.75) is 24.6 Å². The van der Waals surface area contributed by atoms with Crippen LogP contribution in [0.3, 0.4) is 0 Å². The molecule has 0 bridgehead atoms. The minimum atomic E-state index is 0.398. The molecule has 0 saturated heterocycles. The maximum Gasteiger partial charge on any atom is 0.144 e. The summed E-state index contributed by atoms with van der Waals surface area (Å²) >= 11 is 11.8. The van der Waals surface area contributed by atoms with E-state index in [0.717, 1.165) is 35.6 Å². The van der Waals surface area contributed by atoms with Crippen molar-refractivity contribution in [3.05, 3.63) is 34.7 Å². The predicted molar refractivity (Wildman–Crippen MR) is 66.3 cm³/mol. The Labute approximate surface area is 109 Å². The molecule has 0 unspecified atom stereocenters. The molecular formula is C12H10Cl2N2O. The summed E-state index contributed by atoms with van der Waals surface area (Å²) in [6.07, 6.45) is 3.92. The van der Waals surface area contributed by atoms with Crippen molar-refractivity contribution in [1.29, 1.82) is 0 Å². The molecule has 0 radical (unpaired) electrons. The minimum Gasteiger partial charge on any atom is -0.360 e. The topological polar surface area (TPSA) is 38.9 Å². The van der Waals surface area contributed by atoms with Crippen LogP contribution in [0.5, 0.6) is 0 Å². The molecular weight excluding hydrogens is 259 g/mol. The van der Waals surface area contributed by atoms with Gasteiger partial charge in [0.1, 0.15) is 11.5 Å². The van der Waals surface area contributed by atoms with E-state index in [4.69, 9.17) is 27.7 Å². The van der Waals surface area contributed by atoms with E-state index in [-0.39, 0.29) is 0 Å². The summed E-state index contributed by atoms with van der Waals surface area (Å²) in [5.74, 6) is 1.82. The fourth-order valence-corrected chi connectivity index (χ4v) is 2.20. The smallest absolute Gasteiger partial charge is 0.144 e. The quantitative estimate of drug-likeness (QED) is 0.790. The molecule has 1 saturated carbocycles. The van der Waals surface area contributed by atoms with Crippen LogP contribution < -0.4 is 0 Å². The fourth-order valence-electron chi connectivity index (χ4n) is 1.83. The summed E-state index contributed by atoms with van der Waals surface area (Å²) in [6.45, 7) is 0. The molecule has 1 fully saturated rings.